The highest BCUT2D eigenvalue weighted by molar-refractivity contribution is 5.82. The van der Waals surface area contributed by atoms with Crippen LogP contribution >= 0.6 is 0 Å². The Labute approximate surface area is 264 Å². The Morgan fingerprint density at radius 2 is 1.56 bits per heavy atom. The molecule has 7 rings (SSSR count). The van der Waals surface area contributed by atoms with Gasteiger partial charge in [0, 0.05) is 31.3 Å². The molecule has 3 aliphatic rings. The van der Waals surface area contributed by atoms with Gasteiger partial charge in [0.1, 0.15) is 11.6 Å². The SMILES string of the molecule is CC(=O)N1CCC[C@H]1c1ncc(-c2ccc(-c3ccc4c(c3)CCCc3[nH]c([C@@H]5CCCN5C(=O)[C@@H](N)C(C)C)nc3-4)cc2)[nH]1. The molecule has 9 heteroatoms. The fraction of sp³-hybridized carbons (Fsp3) is 0.444. The summed E-state index contributed by atoms with van der Waals surface area (Å²) >= 11 is 0. The van der Waals surface area contributed by atoms with Gasteiger partial charge in [-0.1, -0.05) is 56.3 Å². The topological polar surface area (TPSA) is 124 Å². The van der Waals surface area contributed by atoms with Crippen LogP contribution in [-0.4, -0.2) is 60.7 Å². The number of nitrogens with one attached hydrogen (secondary N) is 2. The number of hydrogen-bond donors (Lipinski definition) is 3. The van der Waals surface area contributed by atoms with Crippen LogP contribution in [0.3, 0.4) is 0 Å². The molecule has 0 spiro atoms. The Morgan fingerprint density at radius 1 is 0.867 bits per heavy atom. The van der Waals surface area contributed by atoms with Gasteiger partial charge in [-0.3, -0.25) is 9.59 Å². The van der Waals surface area contributed by atoms with Gasteiger partial charge in [0.15, 0.2) is 0 Å². The van der Waals surface area contributed by atoms with E-state index in [1.54, 1.807) is 6.92 Å². The van der Waals surface area contributed by atoms with Crippen LogP contribution in [-0.2, 0) is 22.4 Å². The number of nitrogens with zero attached hydrogens (tertiary/aromatic N) is 4. The van der Waals surface area contributed by atoms with E-state index in [-0.39, 0.29) is 29.8 Å². The van der Waals surface area contributed by atoms with Crippen molar-refractivity contribution in [3.63, 3.8) is 0 Å². The van der Waals surface area contributed by atoms with E-state index in [2.05, 4.69) is 57.4 Å². The molecule has 2 aromatic heterocycles. The summed E-state index contributed by atoms with van der Waals surface area (Å²) in [5.41, 5.74) is 15.3. The molecule has 4 aromatic rings. The molecular formula is C36H43N7O2. The summed E-state index contributed by atoms with van der Waals surface area (Å²) in [4.78, 5) is 45.9. The van der Waals surface area contributed by atoms with Crippen molar-refractivity contribution in [1.29, 1.82) is 0 Å². The van der Waals surface area contributed by atoms with Gasteiger partial charge < -0.3 is 25.5 Å². The van der Waals surface area contributed by atoms with Gasteiger partial charge in [0.2, 0.25) is 11.8 Å². The number of fused-ring (bicyclic) bond motifs is 3. The van der Waals surface area contributed by atoms with E-state index in [1.807, 2.05) is 29.8 Å². The highest BCUT2D eigenvalue weighted by atomic mass is 16.2. The average molecular weight is 606 g/mol. The number of aromatic amines is 2. The number of nitrogens with two attached hydrogens (primary N) is 1. The second-order valence-corrected chi connectivity index (χ2v) is 13.3. The normalized spacial score (nSPS) is 20.3. The lowest BCUT2D eigenvalue weighted by atomic mass is 9.95. The van der Waals surface area contributed by atoms with Crippen molar-refractivity contribution in [1.82, 2.24) is 29.7 Å². The smallest absolute Gasteiger partial charge is 0.240 e. The van der Waals surface area contributed by atoms with Crippen molar-refractivity contribution in [2.24, 2.45) is 11.7 Å². The number of aryl methyl sites for hydroxylation is 2. The van der Waals surface area contributed by atoms with Crippen molar-refractivity contribution in [2.75, 3.05) is 13.1 Å². The molecule has 0 radical (unpaired) electrons. The molecule has 1 aliphatic carbocycles. The summed E-state index contributed by atoms with van der Waals surface area (Å²) in [6, 6.07) is 14.8. The van der Waals surface area contributed by atoms with Crippen LogP contribution in [0.2, 0.25) is 0 Å². The maximum atomic E-state index is 13.2. The second kappa shape index (κ2) is 11.9. The van der Waals surface area contributed by atoms with Gasteiger partial charge in [0.05, 0.1) is 35.7 Å². The predicted octanol–water partition coefficient (Wildman–Crippen LogP) is 5.95. The highest BCUT2D eigenvalue weighted by Gasteiger charge is 2.36. The first-order valence-corrected chi connectivity index (χ1v) is 16.5. The third kappa shape index (κ3) is 5.47. The highest BCUT2D eigenvalue weighted by Crippen LogP contribution is 2.38. The van der Waals surface area contributed by atoms with E-state index < -0.39 is 6.04 Å². The summed E-state index contributed by atoms with van der Waals surface area (Å²) in [7, 11) is 0. The Balaban J connectivity index is 1.11. The fourth-order valence-electron chi connectivity index (χ4n) is 7.37. The minimum absolute atomic E-state index is 0.0246. The largest absolute Gasteiger partial charge is 0.344 e. The Morgan fingerprint density at radius 3 is 2.29 bits per heavy atom. The zero-order valence-electron chi connectivity index (χ0n) is 26.5. The quantitative estimate of drug-likeness (QED) is 0.251. The van der Waals surface area contributed by atoms with Crippen LogP contribution in [0, 0.1) is 5.92 Å². The van der Waals surface area contributed by atoms with E-state index in [1.165, 1.54) is 16.7 Å². The number of aromatic nitrogens is 4. The number of benzene rings is 2. The zero-order chi connectivity index (χ0) is 31.2. The van der Waals surface area contributed by atoms with Crippen LogP contribution in [0.15, 0.2) is 48.7 Å². The molecule has 4 heterocycles. The van der Waals surface area contributed by atoms with E-state index >= 15 is 0 Å². The van der Waals surface area contributed by atoms with Crippen LogP contribution < -0.4 is 5.73 Å². The van der Waals surface area contributed by atoms with Crippen molar-refractivity contribution in [3.8, 4) is 33.6 Å². The molecule has 2 aromatic carbocycles. The molecule has 2 aliphatic heterocycles. The predicted molar refractivity (Wildman–Crippen MR) is 175 cm³/mol. The molecule has 4 N–H and O–H groups in total. The van der Waals surface area contributed by atoms with E-state index in [4.69, 9.17) is 10.7 Å². The lowest BCUT2D eigenvalue weighted by Gasteiger charge is -2.27. The third-order valence-electron chi connectivity index (χ3n) is 9.98. The van der Waals surface area contributed by atoms with Crippen molar-refractivity contribution < 1.29 is 9.59 Å². The van der Waals surface area contributed by atoms with Crippen LogP contribution in [0.1, 0.15) is 87.9 Å². The average Bonchev–Trinajstić information content (AvgIpc) is 3.85. The molecule has 2 amide bonds. The van der Waals surface area contributed by atoms with Gasteiger partial charge >= 0.3 is 0 Å². The molecule has 2 saturated heterocycles. The molecule has 234 valence electrons. The maximum absolute atomic E-state index is 13.2. The first-order chi connectivity index (χ1) is 21.8. The third-order valence-corrected chi connectivity index (χ3v) is 9.98. The number of imidazole rings is 2. The number of likely N-dealkylation sites (tertiary alicyclic amines) is 2. The summed E-state index contributed by atoms with van der Waals surface area (Å²) in [5.74, 6) is 1.97. The molecule has 45 heavy (non-hydrogen) atoms. The van der Waals surface area contributed by atoms with Crippen molar-refractivity contribution >= 4 is 11.8 Å². The summed E-state index contributed by atoms with van der Waals surface area (Å²) in [6.45, 7) is 7.15. The number of carbonyl (C=O) groups excluding carboxylic acids is 2. The van der Waals surface area contributed by atoms with E-state index in [0.717, 1.165) is 97.9 Å². The minimum atomic E-state index is -0.487. The zero-order valence-corrected chi connectivity index (χ0v) is 26.5. The van der Waals surface area contributed by atoms with Gasteiger partial charge in [-0.15, -0.1) is 0 Å². The molecule has 3 atom stereocenters. The first kappa shape index (κ1) is 29.5. The second-order valence-electron chi connectivity index (χ2n) is 13.3. The Kier molecular flexibility index (Phi) is 7.81. The first-order valence-electron chi connectivity index (χ1n) is 16.5. The summed E-state index contributed by atoms with van der Waals surface area (Å²) in [6.07, 6.45) is 8.66. The maximum Gasteiger partial charge on any atom is 0.240 e. The Hall–Kier alpha value is -4.24. The molecule has 0 unspecified atom stereocenters. The summed E-state index contributed by atoms with van der Waals surface area (Å²) < 4.78 is 0. The number of hydrogen-bond acceptors (Lipinski definition) is 5. The lowest BCUT2D eigenvalue weighted by molar-refractivity contribution is -0.134. The minimum Gasteiger partial charge on any atom is -0.344 e. The van der Waals surface area contributed by atoms with Gasteiger partial charge in [-0.2, -0.15) is 0 Å². The van der Waals surface area contributed by atoms with E-state index in [9.17, 15) is 9.59 Å². The number of H-pyrrole nitrogens is 2. The molecule has 0 saturated carbocycles. The van der Waals surface area contributed by atoms with Crippen molar-refractivity contribution in [2.45, 2.75) is 83.8 Å². The van der Waals surface area contributed by atoms with Crippen LogP contribution in [0.25, 0.3) is 33.6 Å². The van der Waals surface area contributed by atoms with Gasteiger partial charge in [0.25, 0.3) is 0 Å². The molecule has 9 nitrogen and oxygen atoms in total. The van der Waals surface area contributed by atoms with Crippen LogP contribution in [0.4, 0.5) is 0 Å². The lowest BCUT2D eigenvalue weighted by Crippen LogP contribution is -2.46. The van der Waals surface area contributed by atoms with E-state index in [0.29, 0.717) is 0 Å². The molecular weight excluding hydrogens is 562 g/mol. The molecule has 0 bridgehead atoms. The summed E-state index contributed by atoms with van der Waals surface area (Å²) in [5, 5.41) is 0. The Bertz CT molecular complexity index is 1720. The standard InChI is InChI=1S/C36H43N7O2/c1-21(2)32(37)36(45)43-18-6-10-31(43)35-39-28-8-4-7-26-19-25(15-16-27(26)33(28)41-35)23-11-13-24(14-12-23)29-20-38-34(40-29)30-9-5-17-42(30)22(3)44/h11-16,19-21,30-32H,4-10,17-18,37H2,1-3H3,(H,38,40)(H,39,41)/t30-,31-,32-/m0/s1. The number of amides is 2. The van der Waals surface area contributed by atoms with Gasteiger partial charge in [-0.25, -0.2) is 9.97 Å². The van der Waals surface area contributed by atoms with Crippen molar-refractivity contribution in [3.05, 3.63) is 71.6 Å². The number of carbonyl (C=O) groups is 2. The number of rotatable bonds is 6. The monoisotopic (exact) mass is 605 g/mol. The van der Waals surface area contributed by atoms with Gasteiger partial charge in [-0.05, 0) is 73.1 Å². The fourth-order valence-corrected chi connectivity index (χ4v) is 7.37. The molecule has 2 fully saturated rings. The van der Waals surface area contributed by atoms with Crippen LogP contribution in [0.5, 0.6) is 0 Å².